The van der Waals surface area contributed by atoms with Crippen LogP contribution in [0.15, 0.2) is 109 Å². The highest BCUT2D eigenvalue weighted by Crippen LogP contribution is 2.46. The lowest BCUT2D eigenvalue weighted by Gasteiger charge is -2.27. The number of fused-ring (bicyclic) bond motifs is 2. The Labute approximate surface area is 414 Å². The van der Waals surface area contributed by atoms with Gasteiger partial charge in [0, 0.05) is 47.5 Å². The third-order valence-corrected chi connectivity index (χ3v) is 13.9. The average molecular weight is 929 g/mol. The summed E-state index contributed by atoms with van der Waals surface area (Å²) in [5.41, 5.74) is 18.3. The Hall–Kier alpha value is -7.06. The van der Waals surface area contributed by atoms with Gasteiger partial charge in [-0.05, 0) is 123 Å². The van der Waals surface area contributed by atoms with E-state index in [9.17, 15) is 10.2 Å². The predicted octanol–water partition coefficient (Wildman–Crippen LogP) is 15.5. The first-order valence-electron chi connectivity index (χ1n) is 24.4. The summed E-state index contributed by atoms with van der Waals surface area (Å²) in [5.74, 6) is 1.99. The van der Waals surface area contributed by atoms with Crippen molar-refractivity contribution in [1.29, 1.82) is 0 Å². The van der Waals surface area contributed by atoms with Crippen molar-refractivity contribution in [2.24, 2.45) is 14.1 Å². The van der Waals surface area contributed by atoms with Gasteiger partial charge < -0.3 is 19.3 Å². The van der Waals surface area contributed by atoms with Crippen LogP contribution in [0.3, 0.4) is 0 Å². The summed E-state index contributed by atoms with van der Waals surface area (Å²) in [6.07, 6.45) is 1.65. The minimum absolute atomic E-state index is 0.124. The van der Waals surface area contributed by atoms with E-state index in [1.165, 1.54) is 0 Å². The summed E-state index contributed by atoms with van der Waals surface area (Å²) in [4.78, 5) is 20.3. The van der Waals surface area contributed by atoms with Gasteiger partial charge in [0.15, 0.2) is 0 Å². The van der Waals surface area contributed by atoms with Crippen LogP contribution < -0.4 is 0 Å². The minimum atomic E-state index is -0.265. The maximum atomic E-state index is 11.9. The molecule has 0 fully saturated rings. The quantitative estimate of drug-likeness (QED) is 0.172. The van der Waals surface area contributed by atoms with Crippen molar-refractivity contribution < 1.29 is 10.2 Å². The Morgan fingerprint density at radius 3 is 1.14 bits per heavy atom. The van der Waals surface area contributed by atoms with Crippen molar-refractivity contribution >= 4 is 22.1 Å². The molecular weight excluding hydrogens is 861 g/mol. The van der Waals surface area contributed by atoms with Gasteiger partial charge in [-0.25, -0.2) is 19.9 Å². The van der Waals surface area contributed by atoms with Crippen LogP contribution in [0, 0.1) is 13.8 Å². The molecule has 0 spiro atoms. The Morgan fingerprint density at radius 1 is 0.414 bits per heavy atom. The Morgan fingerprint density at radius 2 is 0.786 bits per heavy atom. The predicted molar refractivity (Wildman–Crippen MR) is 291 cm³/mol. The fourth-order valence-electron chi connectivity index (χ4n) is 9.84. The molecule has 3 heterocycles. The highest BCUT2D eigenvalue weighted by Gasteiger charge is 2.30. The summed E-state index contributed by atoms with van der Waals surface area (Å²) < 4.78 is 4.20. The van der Waals surface area contributed by atoms with Crippen molar-refractivity contribution in [3.8, 4) is 79.0 Å². The zero-order valence-corrected chi connectivity index (χ0v) is 44.0. The molecule has 6 aromatic carbocycles. The normalized spacial score (nSPS) is 12.7. The van der Waals surface area contributed by atoms with E-state index < -0.39 is 0 Å². The van der Waals surface area contributed by atoms with E-state index in [0.717, 1.165) is 123 Å². The number of phenols is 2. The molecule has 0 unspecified atom stereocenters. The highest BCUT2D eigenvalue weighted by atomic mass is 16.3. The molecule has 9 rings (SSSR count). The van der Waals surface area contributed by atoms with E-state index in [1.807, 2.05) is 14.1 Å². The molecule has 0 bridgehead atoms. The van der Waals surface area contributed by atoms with Crippen molar-refractivity contribution in [2.45, 2.75) is 119 Å². The second-order valence-corrected chi connectivity index (χ2v) is 23.6. The number of hydrogen-bond donors (Lipinski definition) is 2. The van der Waals surface area contributed by atoms with Gasteiger partial charge in [-0.1, -0.05) is 132 Å². The van der Waals surface area contributed by atoms with Crippen LogP contribution >= 0.6 is 0 Å². The molecule has 0 aliphatic carbocycles. The van der Waals surface area contributed by atoms with E-state index in [1.54, 1.807) is 6.33 Å². The largest absolute Gasteiger partial charge is 0.507 e. The third kappa shape index (κ3) is 8.67. The molecule has 70 heavy (non-hydrogen) atoms. The molecule has 2 N–H and O–H groups in total. The molecule has 8 nitrogen and oxygen atoms in total. The van der Waals surface area contributed by atoms with E-state index in [2.05, 4.69) is 209 Å². The van der Waals surface area contributed by atoms with Crippen molar-refractivity contribution in [1.82, 2.24) is 29.1 Å². The summed E-state index contributed by atoms with van der Waals surface area (Å²) in [6, 6.07) is 36.3. The maximum absolute atomic E-state index is 11.9. The monoisotopic (exact) mass is 929 g/mol. The maximum Gasteiger partial charge on any atom is 0.144 e. The number of rotatable bonds is 6. The average Bonchev–Trinajstić information content (AvgIpc) is 3.80. The van der Waals surface area contributed by atoms with Crippen LogP contribution in [0.2, 0.25) is 0 Å². The number of phenolic OH excluding ortho intramolecular Hbond substituents is 2. The lowest BCUT2D eigenvalue weighted by atomic mass is 9.79. The van der Waals surface area contributed by atoms with E-state index in [-0.39, 0.29) is 33.2 Å². The van der Waals surface area contributed by atoms with Gasteiger partial charge in [0.2, 0.25) is 0 Å². The van der Waals surface area contributed by atoms with E-state index >= 15 is 0 Å². The zero-order valence-electron chi connectivity index (χ0n) is 44.0. The molecule has 0 saturated carbocycles. The summed E-state index contributed by atoms with van der Waals surface area (Å²) >= 11 is 0. The minimum Gasteiger partial charge on any atom is -0.507 e. The van der Waals surface area contributed by atoms with Crippen LogP contribution in [0.25, 0.3) is 89.6 Å². The molecule has 358 valence electrons. The third-order valence-electron chi connectivity index (χ3n) is 13.9. The fourth-order valence-corrected chi connectivity index (χ4v) is 9.84. The van der Waals surface area contributed by atoms with E-state index in [0.29, 0.717) is 0 Å². The van der Waals surface area contributed by atoms with Gasteiger partial charge in [0.05, 0.1) is 44.6 Å². The molecule has 0 saturated heterocycles. The molecule has 0 amide bonds. The molecule has 0 atom stereocenters. The number of imidazole rings is 2. The first-order chi connectivity index (χ1) is 32.7. The van der Waals surface area contributed by atoms with Crippen LogP contribution in [0.5, 0.6) is 11.5 Å². The number of aromatic nitrogens is 6. The van der Waals surface area contributed by atoms with E-state index in [4.69, 9.17) is 19.9 Å². The van der Waals surface area contributed by atoms with Crippen LogP contribution in [-0.2, 0) is 35.8 Å². The number of para-hydroxylation sites is 2. The Bertz CT molecular complexity index is 3310. The number of hydrogen-bond acceptors (Lipinski definition) is 6. The zero-order chi connectivity index (χ0) is 50.6. The second kappa shape index (κ2) is 16.8. The molecule has 3 aromatic heterocycles. The second-order valence-electron chi connectivity index (χ2n) is 23.6. The Balaban J connectivity index is 1.11. The fraction of sp³-hybridized carbons (Fsp3) is 0.323. The SMILES string of the molecule is Cc1cc(-c2cc(-c3cc(C)cc(-c4cccc5c4nc(-c4cc(C(C)(C)C)cc(C(C)(C)C)c4O)n5C)c3)ncn2)cc(-c2cccc3c2nc(-c2cc(C(C)(C)C)cc(C(C)(C)C)c2O)n3C)c1. The molecular formula is C62H68N6O2. The number of nitrogens with zero attached hydrogens (tertiary/aromatic N) is 6. The van der Waals surface area contributed by atoms with Gasteiger partial charge in [-0.15, -0.1) is 0 Å². The lowest BCUT2D eigenvalue weighted by molar-refractivity contribution is 0.445. The Kier molecular flexibility index (Phi) is 11.5. The summed E-state index contributed by atoms with van der Waals surface area (Å²) in [7, 11) is 4.06. The lowest BCUT2D eigenvalue weighted by Crippen LogP contribution is -2.17. The van der Waals surface area contributed by atoms with Gasteiger partial charge >= 0.3 is 0 Å². The smallest absolute Gasteiger partial charge is 0.144 e. The van der Waals surface area contributed by atoms with Gasteiger partial charge in [-0.2, -0.15) is 0 Å². The van der Waals surface area contributed by atoms with Gasteiger partial charge in [-0.3, -0.25) is 0 Å². The topological polar surface area (TPSA) is 102 Å². The van der Waals surface area contributed by atoms with Crippen molar-refractivity contribution in [3.05, 3.63) is 143 Å². The summed E-state index contributed by atoms with van der Waals surface area (Å²) in [5, 5.41) is 23.8. The van der Waals surface area contributed by atoms with Crippen LogP contribution in [-0.4, -0.2) is 39.3 Å². The molecule has 0 aliphatic rings. The van der Waals surface area contributed by atoms with Crippen LogP contribution in [0.1, 0.15) is 116 Å². The van der Waals surface area contributed by atoms with Crippen molar-refractivity contribution in [2.75, 3.05) is 0 Å². The number of aryl methyl sites for hydroxylation is 4. The molecule has 0 radical (unpaired) electrons. The number of aromatic hydroxyl groups is 2. The molecule has 9 aromatic rings. The molecule has 8 heteroatoms. The van der Waals surface area contributed by atoms with Gasteiger partial charge in [0.1, 0.15) is 29.5 Å². The first kappa shape index (κ1) is 48.0. The summed E-state index contributed by atoms with van der Waals surface area (Å²) in [6.45, 7) is 30.3. The van der Waals surface area contributed by atoms with Crippen molar-refractivity contribution in [3.63, 3.8) is 0 Å². The number of benzene rings is 6. The van der Waals surface area contributed by atoms with Crippen LogP contribution in [0.4, 0.5) is 0 Å². The highest BCUT2D eigenvalue weighted by molar-refractivity contribution is 5.97. The standard InChI is InChI=1S/C62H68N6O2/c1-35-23-37(43-19-17-21-51-53(43)65-57(67(51)15)45-29-41(59(3,4)5)31-47(55(45)69)61(9,10)11)27-39(25-35)49-33-50(64-34-63-49)40-26-36(2)24-38(28-40)44-20-18-22-52-54(44)66-58(68(52)16)46-30-42(60(6,7)8)32-48(56(46)70)62(12,13)14/h17-34,69-70H,1-16H3. The first-order valence-corrected chi connectivity index (χ1v) is 24.4. The molecule has 0 aliphatic heterocycles. The van der Waals surface area contributed by atoms with Gasteiger partial charge in [0.25, 0.3) is 0 Å².